The molecule has 1 aromatic heterocycles. The lowest BCUT2D eigenvalue weighted by Gasteiger charge is -2.12. The van der Waals surface area contributed by atoms with Gasteiger partial charge in [0.2, 0.25) is 11.7 Å². The summed E-state index contributed by atoms with van der Waals surface area (Å²) in [5.74, 6) is -1.06. The summed E-state index contributed by atoms with van der Waals surface area (Å²) < 4.78 is 6.76. The van der Waals surface area contributed by atoms with Crippen LogP contribution in [0.2, 0.25) is 0 Å². The number of anilines is 1. The quantitative estimate of drug-likeness (QED) is 0.505. The lowest BCUT2D eigenvalue weighted by Crippen LogP contribution is -2.24. The first-order valence-corrected chi connectivity index (χ1v) is 9.26. The van der Waals surface area contributed by atoms with Crippen molar-refractivity contribution in [3.8, 4) is 0 Å². The molecule has 0 saturated carbocycles. The standard InChI is InChI=1S/C16H13Br2NO4S/c1-8(23-16(22)13-7-12(17)15(18)24-13)14(21)10-3-5-11(6-4-10)19-9(2)20/h3-8H,1-2H3,(H,19,20). The van der Waals surface area contributed by atoms with Gasteiger partial charge in [-0.15, -0.1) is 11.3 Å². The minimum atomic E-state index is -0.913. The van der Waals surface area contributed by atoms with E-state index in [1.807, 2.05) is 0 Å². The predicted octanol–water partition coefficient (Wildman–Crippen LogP) is 4.66. The van der Waals surface area contributed by atoms with Gasteiger partial charge in [0.25, 0.3) is 0 Å². The third-order valence-corrected chi connectivity index (χ3v) is 6.23. The van der Waals surface area contributed by atoms with E-state index in [0.717, 1.165) is 8.26 Å². The number of ketones is 1. The molecular formula is C16H13Br2NO4S. The molecule has 0 aliphatic carbocycles. The second-order valence-corrected chi connectivity index (χ2v) is 8.13. The summed E-state index contributed by atoms with van der Waals surface area (Å²) in [5, 5.41) is 2.62. The molecule has 0 spiro atoms. The van der Waals surface area contributed by atoms with Crippen molar-refractivity contribution in [2.24, 2.45) is 0 Å². The lowest BCUT2D eigenvalue weighted by molar-refractivity contribution is -0.114. The van der Waals surface area contributed by atoms with Crippen LogP contribution in [-0.2, 0) is 9.53 Å². The number of rotatable bonds is 5. The molecule has 2 rings (SSSR count). The molecule has 1 N–H and O–H groups in total. The molecule has 5 nitrogen and oxygen atoms in total. The van der Waals surface area contributed by atoms with Crippen LogP contribution >= 0.6 is 43.2 Å². The molecule has 1 heterocycles. The van der Waals surface area contributed by atoms with E-state index in [1.165, 1.54) is 25.2 Å². The number of carbonyl (C=O) groups is 3. The molecule has 0 radical (unpaired) electrons. The number of benzene rings is 1. The highest BCUT2D eigenvalue weighted by molar-refractivity contribution is 9.13. The Labute approximate surface area is 159 Å². The van der Waals surface area contributed by atoms with Gasteiger partial charge < -0.3 is 10.1 Å². The van der Waals surface area contributed by atoms with E-state index in [4.69, 9.17) is 4.74 Å². The van der Waals surface area contributed by atoms with Crippen molar-refractivity contribution in [3.63, 3.8) is 0 Å². The highest BCUT2D eigenvalue weighted by Gasteiger charge is 2.22. The van der Waals surface area contributed by atoms with Gasteiger partial charge >= 0.3 is 5.97 Å². The lowest BCUT2D eigenvalue weighted by atomic mass is 10.1. The third kappa shape index (κ3) is 4.75. The molecule has 1 unspecified atom stereocenters. The van der Waals surface area contributed by atoms with Crippen LogP contribution < -0.4 is 5.32 Å². The first kappa shape index (κ1) is 18.8. The maximum Gasteiger partial charge on any atom is 0.349 e. The summed E-state index contributed by atoms with van der Waals surface area (Å²) in [6, 6.07) is 8.04. The highest BCUT2D eigenvalue weighted by atomic mass is 79.9. The zero-order valence-corrected chi connectivity index (χ0v) is 16.7. The Balaban J connectivity index is 2.03. The van der Waals surface area contributed by atoms with Crippen LogP contribution in [0.15, 0.2) is 38.6 Å². The van der Waals surface area contributed by atoms with E-state index in [-0.39, 0.29) is 11.7 Å². The number of thiophene rings is 1. The smallest absolute Gasteiger partial charge is 0.349 e. The van der Waals surface area contributed by atoms with Crippen molar-refractivity contribution >= 4 is 66.5 Å². The molecule has 24 heavy (non-hydrogen) atoms. The van der Waals surface area contributed by atoms with Gasteiger partial charge in [0.05, 0.1) is 3.79 Å². The van der Waals surface area contributed by atoms with E-state index in [9.17, 15) is 14.4 Å². The fourth-order valence-electron chi connectivity index (χ4n) is 1.88. The highest BCUT2D eigenvalue weighted by Crippen LogP contribution is 2.32. The Hall–Kier alpha value is -1.51. The fraction of sp³-hybridized carbons (Fsp3) is 0.188. The van der Waals surface area contributed by atoms with Gasteiger partial charge in [0, 0.05) is 22.6 Å². The number of amides is 1. The molecule has 2 aromatic rings. The van der Waals surface area contributed by atoms with Gasteiger partial charge in [0.15, 0.2) is 6.10 Å². The average molecular weight is 475 g/mol. The Morgan fingerprint density at radius 3 is 2.29 bits per heavy atom. The van der Waals surface area contributed by atoms with Crippen LogP contribution in [0, 0.1) is 0 Å². The van der Waals surface area contributed by atoms with Crippen LogP contribution in [0.3, 0.4) is 0 Å². The van der Waals surface area contributed by atoms with Crippen molar-refractivity contribution in [2.75, 3.05) is 5.32 Å². The number of hydrogen-bond donors (Lipinski definition) is 1. The molecule has 1 aromatic carbocycles. The summed E-state index contributed by atoms with van der Waals surface area (Å²) in [6.45, 7) is 2.93. The summed E-state index contributed by atoms with van der Waals surface area (Å²) in [4.78, 5) is 35.8. The zero-order valence-electron chi connectivity index (χ0n) is 12.8. The van der Waals surface area contributed by atoms with Crippen LogP contribution in [0.25, 0.3) is 0 Å². The average Bonchev–Trinajstić information content (AvgIpc) is 2.86. The molecule has 1 atom stereocenters. The van der Waals surface area contributed by atoms with E-state index in [1.54, 1.807) is 30.3 Å². The minimum absolute atomic E-state index is 0.190. The third-order valence-electron chi connectivity index (χ3n) is 2.99. The normalized spacial score (nSPS) is 11.7. The molecular weight excluding hydrogens is 462 g/mol. The van der Waals surface area contributed by atoms with Crippen molar-refractivity contribution in [1.29, 1.82) is 0 Å². The van der Waals surface area contributed by atoms with Gasteiger partial charge in [-0.1, -0.05) is 0 Å². The first-order valence-electron chi connectivity index (χ1n) is 6.85. The predicted molar refractivity (Wildman–Crippen MR) is 99.7 cm³/mol. The Morgan fingerprint density at radius 1 is 1.17 bits per heavy atom. The first-order chi connectivity index (χ1) is 11.3. The number of carbonyl (C=O) groups excluding carboxylic acids is 3. The van der Waals surface area contributed by atoms with Crippen molar-refractivity contribution in [2.45, 2.75) is 20.0 Å². The number of nitrogens with one attached hydrogen (secondary N) is 1. The molecule has 126 valence electrons. The Morgan fingerprint density at radius 2 is 1.79 bits per heavy atom. The maximum atomic E-state index is 12.3. The fourth-order valence-corrected chi connectivity index (χ4v) is 3.79. The Bertz CT molecular complexity index is 766. The van der Waals surface area contributed by atoms with E-state index in [0.29, 0.717) is 16.1 Å². The van der Waals surface area contributed by atoms with Gasteiger partial charge in [0.1, 0.15) is 4.88 Å². The SMILES string of the molecule is CC(=O)Nc1ccc(C(=O)C(C)OC(=O)c2cc(Br)c(Br)s2)cc1. The van der Waals surface area contributed by atoms with E-state index < -0.39 is 12.1 Å². The van der Waals surface area contributed by atoms with E-state index >= 15 is 0 Å². The number of hydrogen-bond acceptors (Lipinski definition) is 5. The van der Waals surface area contributed by atoms with Gasteiger partial charge in [-0.2, -0.15) is 0 Å². The van der Waals surface area contributed by atoms with Crippen LogP contribution in [0.5, 0.6) is 0 Å². The molecule has 1 amide bonds. The zero-order chi connectivity index (χ0) is 17.9. The number of esters is 1. The second-order valence-electron chi connectivity index (χ2n) is 4.90. The van der Waals surface area contributed by atoms with Crippen molar-refractivity contribution in [1.82, 2.24) is 0 Å². The molecule has 0 bridgehead atoms. The largest absolute Gasteiger partial charge is 0.450 e. The van der Waals surface area contributed by atoms with Crippen LogP contribution in [-0.4, -0.2) is 23.8 Å². The van der Waals surface area contributed by atoms with Crippen molar-refractivity contribution < 1.29 is 19.1 Å². The number of ether oxygens (including phenoxy) is 1. The molecule has 0 fully saturated rings. The minimum Gasteiger partial charge on any atom is -0.450 e. The Kier molecular flexibility index (Phi) is 6.31. The van der Waals surface area contributed by atoms with Crippen LogP contribution in [0.4, 0.5) is 5.69 Å². The number of Topliss-reactive ketones (excluding diaryl/α,β-unsaturated/α-hetero) is 1. The molecule has 0 aliphatic rings. The molecule has 0 aliphatic heterocycles. The topological polar surface area (TPSA) is 72.5 Å². The summed E-state index contributed by atoms with van der Waals surface area (Å²) in [5.41, 5.74) is 0.995. The van der Waals surface area contributed by atoms with Crippen LogP contribution in [0.1, 0.15) is 33.9 Å². The molecule has 0 saturated heterocycles. The monoisotopic (exact) mass is 473 g/mol. The maximum absolute atomic E-state index is 12.3. The van der Waals surface area contributed by atoms with Gasteiger partial charge in [-0.3, -0.25) is 9.59 Å². The number of halogens is 2. The van der Waals surface area contributed by atoms with Crippen molar-refractivity contribution in [3.05, 3.63) is 49.0 Å². The second kappa shape index (κ2) is 8.04. The van der Waals surface area contributed by atoms with Gasteiger partial charge in [-0.25, -0.2) is 4.79 Å². The van der Waals surface area contributed by atoms with Gasteiger partial charge in [-0.05, 0) is 69.1 Å². The summed E-state index contributed by atoms with van der Waals surface area (Å²) >= 11 is 7.83. The summed E-state index contributed by atoms with van der Waals surface area (Å²) in [6.07, 6.45) is -0.913. The molecule has 8 heteroatoms. The van der Waals surface area contributed by atoms with E-state index in [2.05, 4.69) is 37.2 Å². The summed E-state index contributed by atoms with van der Waals surface area (Å²) in [7, 11) is 0.